The maximum absolute atomic E-state index is 7.06. The molecular formula is C16H11BrClNO. The van der Waals surface area contributed by atoms with E-state index in [1.165, 1.54) is 5.56 Å². The van der Waals surface area contributed by atoms with Crippen molar-refractivity contribution in [3.05, 3.63) is 68.4 Å². The Labute approximate surface area is 131 Å². The molecular weight excluding hydrogens is 338 g/mol. The molecule has 2 aromatic rings. The van der Waals surface area contributed by atoms with Crippen molar-refractivity contribution in [3.8, 4) is 5.75 Å². The van der Waals surface area contributed by atoms with Crippen molar-refractivity contribution in [2.75, 3.05) is 0 Å². The summed E-state index contributed by atoms with van der Waals surface area (Å²) < 4.78 is 6.88. The predicted octanol–water partition coefficient (Wildman–Crippen LogP) is 5.72. The van der Waals surface area contributed by atoms with Gasteiger partial charge in [0.15, 0.2) is 5.69 Å². The molecule has 0 saturated carbocycles. The highest BCUT2D eigenvalue weighted by Crippen LogP contribution is 2.40. The van der Waals surface area contributed by atoms with Gasteiger partial charge in [0.2, 0.25) is 0 Å². The van der Waals surface area contributed by atoms with Crippen LogP contribution < -0.4 is 4.74 Å². The lowest BCUT2D eigenvalue weighted by atomic mass is 10.1. The van der Waals surface area contributed by atoms with Crippen molar-refractivity contribution in [1.29, 1.82) is 0 Å². The van der Waals surface area contributed by atoms with Gasteiger partial charge in [-0.1, -0.05) is 41.4 Å². The summed E-state index contributed by atoms with van der Waals surface area (Å²) in [4.78, 5) is 3.46. The summed E-state index contributed by atoms with van der Waals surface area (Å²) in [5.41, 5.74) is 3.05. The first-order valence-electron chi connectivity index (χ1n) is 6.30. The number of ether oxygens (including phenoxy) is 1. The molecule has 0 saturated heterocycles. The smallest absolute Gasteiger partial charge is 0.187 e. The molecule has 0 fully saturated rings. The molecule has 1 atom stereocenters. The third kappa shape index (κ3) is 2.42. The van der Waals surface area contributed by atoms with Crippen LogP contribution in [0.5, 0.6) is 5.75 Å². The third-order valence-corrected chi connectivity index (χ3v) is 4.74. The lowest BCUT2D eigenvalue weighted by Gasteiger charge is -2.16. The Bertz CT molecular complexity index is 708. The van der Waals surface area contributed by atoms with E-state index in [1.807, 2.05) is 36.4 Å². The molecule has 3 rings (SSSR count). The highest BCUT2D eigenvalue weighted by Gasteiger charge is 2.25. The van der Waals surface area contributed by atoms with E-state index in [9.17, 15) is 0 Å². The lowest BCUT2D eigenvalue weighted by Crippen LogP contribution is -2.03. The molecule has 2 aromatic carbocycles. The highest BCUT2D eigenvalue weighted by atomic mass is 79.9. The van der Waals surface area contributed by atoms with Crippen LogP contribution in [0.25, 0.3) is 4.85 Å². The number of benzene rings is 2. The first-order chi connectivity index (χ1) is 9.69. The Kier molecular flexibility index (Phi) is 3.69. The SMILES string of the molecule is [C-]#[N+]c1ccc2c(c1)CCC2Oc1cccc(Br)c1Cl. The number of rotatable bonds is 2. The topological polar surface area (TPSA) is 13.6 Å². The molecule has 0 N–H and O–H groups in total. The second-order valence-electron chi connectivity index (χ2n) is 4.69. The Morgan fingerprint density at radius 3 is 2.95 bits per heavy atom. The van der Waals surface area contributed by atoms with E-state index < -0.39 is 0 Å². The second-order valence-corrected chi connectivity index (χ2v) is 5.92. The molecule has 0 radical (unpaired) electrons. The van der Waals surface area contributed by atoms with E-state index in [0.717, 1.165) is 22.9 Å². The van der Waals surface area contributed by atoms with Crippen molar-refractivity contribution < 1.29 is 4.74 Å². The minimum Gasteiger partial charge on any atom is -0.484 e. The maximum Gasteiger partial charge on any atom is 0.187 e. The molecule has 20 heavy (non-hydrogen) atoms. The van der Waals surface area contributed by atoms with Gasteiger partial charge in [-0.25, -0.2) is 4.85 Å². The Balaban J connectivity index is 1.89. The number of hydrogen-bond donors (Lipinski definition) is 0. The summed E-state index contributed by atoms with van der Waals surface area (Å²) in [6.45, 7) is 7.06. The zero-order valence-corrected chi connectivity index (χ0v) is 12.9. The molecule has 1 unspecified atom stereocenters. The van der Waals surface area contributed by atoms with Crippen molar-refractivity contribution >= 4 is 33.2 Å². The van der Waals surface area contributed by atoms with Gasteiger partial charge in [-0.3, -0.25) is 0 Å². The molecule has 0 bridgehead atoms. The van der Waals surface area contributed by atoms with Crippen LogP contribution in [0.4, 0.5) is 5.69 Å². The average Bonchev–Trinajstić information content (AvgIpc) is 2.86. The number of nitrogens with zero attached hydrogens (tertiary/aromatic N) is 1. The van der Waals surface area contributed by atoms with Gasteiger partial charge in [-0.05, 0) is 46.5 Å². The highest BCUT2D eigenvalue weighted by molar-refractivity contribution is 9.10. The van der Waals surface area contributed by atoms with Crippen LogP contribution in [0.2, 0.25) is 5.02 Å². The third-order valence-electron chi connectivity index (χ3n) is 3.46. The van der Waals surface area contributed by atoms with E-state index in [-0.39, 0.29) is 6.10 Å². The van der Waals surface area contributed by atoms with Gasteiger partial charge < -0.3 is 4.74 Å². The summed E-state index contributed by atoms with van der Waals surface area (Å²) in [7, 11) is 0. The second kappa shape index (κ2) is 5.47. The summed E-state index contributed by atoms with van der Waals surface area (Å²) in [5, 5.41) is 0.596. The average molecular weight is 349 g/mol. The monoisotopic (exact) mass is 347 g/mol. The van der Waals surface area contributed by atoms with Crippen LogP contribution in [-0.4, -0.2) is 0 Å². The van der Waals surface area contributed by atoms with Crippen molar-refractivity contribution in [1.82, 2.24) is 0 Å². The molecule has 1 aliphatic rings. The van der Waals surface area contributed by atoms with Gasteiger partial charge in [-0.15, -0.1) is 0 Å². The minimum absolute atomic E-state index is 0.0107. The number of fused-ring (bicyclic) bond motifs is 1. The van der Waals surface area contributed by atoms with Crippen molar-refractivity contribution in [3.63, 3.8) is 0 Å². The summed E-state index contributed by atoms with van der Waals surface area (Å²) in [6, 6.07) is 11.5. The largest absolute Gasteiger partial charge is 0.484 e. The maximum atomic E-state index is 7.06. The van der Waals surface area contributed by atoms with Crippen molar-refractivity contribution in [2.45, 2.75) is 18.9 Å². The quantitative estimate of drug-likeness (QED) is 0.633. The fourth-order valence-electron chi connectivity index (χ4n) is 2.49. The molecule has 0 heterocycles. The van der Waals surface area contributed by atoms with Crippen LogP contribution in [0.15, 0.2) is 40.9 Å². The first kappa shape index (κ1) is 13.5. The zero-order chi connectivity index (χ0) is 14.1. The van der Waals surface area contributed by atoms with Gasteiger partial charge in [0, 0.05) is 4.47 Å². The standard InChI is InChI=1S/C16H11BrClNO/c1-19-11-6-7-12-10(9-11)5-8-14(12)20-15-4-2-3-13(17)16(15)18/h2-4,6-7,9,14H,5,8H2. The number of hydrogen-bond acceptors (Lipinski definition) is 1. The molecule has 4 heteroatoms. The van der Waals surface area contributed by atoms with Crippen LogP contribution in [0.1, 0.15) is 23.7 Å². The molecule has 100 valence electrons. The van der Waals surface area contributed by atoms with E-state index in [0.29, 0.717) is 16.5 Å². The summed E-state index contributed by atoms with van der Waals surface area (Å²) in [6.07, 6.45) is 1.87. The molecule has 0 aromatic heterocycles. The van der Waals surface area contributed by atoms with Gasteiger partial charge in [0.25, 0.3) is 0 Å². The first-order valence-corrected chi connectivity index (χ1v) is 7.47. The van der Waals surface area contributed by atoms with Crippen LogP contribution in [0.3, 0.4) is 0 Å². The van der Waals surface area contributed by atoms with Gasteiger partial charge in [0.1, 0.15) is 11.9 Å². The fourth-order valence-corrected chi connectivity index (χ4v) is 3.00. The van der Waals surface area contributed by atoms with Gasteiger partial charge >= 0.3 is 0 Å². The summed E-state index contributed by atoms with van der Waals surface area (Å²) >= 11 is 9.64. The Morgan fingerprint density at radius 2 is 2.15 bits per heavy atom. The predicted molar refractivity (Wildman–Crippen MR) is 83.5 cm³/mol. The molecule has 0 spiro atoms. The molecule has 0 aliphatic heterocycles. The molecule has 1 aliphatic carbocycles. The van der Waals surface area contributed by atoms with Gasteiger partial charge in [-0.2, -0.15) is 0 Å². The van der Waals surface area contributed by atoms with Crippen LogP contribution in [-0.2, 0) is 6.42 Å². The van der Waals surface area contributed by atoms with E-state index >= 15 is 0 Å². The van der Waals surface area contributed by atoms with E-state index in [1.54, 1.807) is 0 Å². The number of aryl methyl sites for hydroxylation is 1. The van der Waals surface area contributed by atoms with E-state index in [4.69, 9.17) is 22.9 Å². The minimum atomic E-state index is 0.0107. The molecule has 0 amide bonds. The lowest BCUT2D eigenvalue weighted by molar-refractivity contribution is 0.207. The Hall–Kier alpha value is -1.50. The van der Waals surface area contributed by atoms with Crippen LogP contribution in [0, 0.1) is 6.57 Å². The fraction of sp³-hybridized carbons (Fsp3) is 0.188. The normalized spacial score (nSPS) is 16.6. The molecule has 2 nitrogen and oxygen atoms in total. The number of halogens is 2. The van der Waals surface area contributed by atoms with Gasteiger partial charge in [0.05, 0.1) is 11.6 Å². The van der Waals surface area contributed by atoms with Crippen LogP contribution >= 0.6 is 27.5 Å². The Morgan fingerprint density at radius 1 is 1.30 bits per heavy atom. The zero-order valence-electron chi connectivity index (χ0n) is 10.6. The van der Waals surface area contributed by atoms with Crippen molar-refractivity contribution in [2.24, 2.45) is 0 Å². The van der Waals surface area contributed by atoms with E-state index in [2.05, 4.69) is 20.8 Å². The summed E-state index contributed by atoms with van der Waals surface area (Å²) in [5.74, 6) is 0.688.